The fourth-order valence-corrected chi connectivity index (χ4v) is 4.55. The van der Waals surface area contributed by atoms with Crippen LogP contribution in [0, 0.1) is 0 Å². The molecular weight excluding hydrogens is 366 g/mol. The van der Waals surface area contributed by atoms with Crippen LogP contribution in [0.4, 0.5) is 5.69 Å². The molecule has 2 aromatic rings. The van der Waals surface area contributed by atoms with Crippen LogP contribution in [-0.2, 0) is 9.84 Å². The third-order valence-corrected chi connectivity index (χ3v) is 6.90. The zero-order valence-corrected chi connectivity index (χ0v) is 15.4. The van der Waals surface area contributed by atoms with Crippen molar-refractivity contribution < 1.29 is 13.2 Å². The second kappa shape index (κ2) is 6.78. The highest BCUT2D eigenvalue weighted by atomic mass is 35.5. The van der Waals surface area contributed by atoms with Crippen LogP contribution in [0.15, 0.2) is 52.3 Å². The molecule has 3 rings (SSSR count). The number of carbonyl (C=O) groups excluding carboxylic acids is 1. The van der Waals surface area contributed by atoms with E-state index in [4.69, 9.17) is 11.6 Å². The van der Waals surface area contributed by atoms with Crippen LogP contribution in [0.3, 0.4) is 0 Å². The molecule has 0 aromatic heterocycles. The quantitative estimate of drug-likeness (QED) is 0.809. The Labute approximate surface area is 150 Å². The fraction of sp³-hybridized carbons (Fsp3) is 0.235. The predicted octanol–water partition coefficient (Wildman–Crippen LogP) is 3.89. The maximum Gasteiger partial charge on any atom is 0.258 e. The molecule has 0 spiro atoms. The summed E-state index contributed by atoms with van der Waals surface area (Å²) in [4.78, 5) is 15.8. The van der Waals surface area contributed by atoms with Gasteiger partial charge in [-0.3, -0.25) is 4.79 Å². The van der Waals surface area contributed by atoms with Crippen LogP contribution in [0.1, 0.15) is 17.3 Å². The number of fused-ring (bicyclic) bond motifs is 1. The first kappa shape index (κ1) is 17.3. The number of anilines is 1. The molecule has 2 aromatic carbocycles. The van der Waals surface area contributed by atoms with E-state index in [1.807, 2.05) is 12.1 Å². The summed E-state index contributed by atoms with van der Waals surface area (Å²) < 4.78 is 23.7. The summed E-state index contributed by atoms with van der Waals surface area (Å²) in [5, 5.41) is 0.582. The van der Waals surface area contributed by atoms with E-state index in [1.54, 1.807) is 41.8 Å². The van der Waals surface area contributed by atoms with E-state index >= 15 is 0 Å². The van der Waals surface area contributed by atoms with Crippen molar-refractivity contribution in [2.45, 2.75) is 16.7 Å². The Morgan fingerprint density at radius 2 is 1.92 bits per heavy atom. The van der Waals surface area contributed by atoms with Gasteiger partial charge in [0.25, 0.3) is 5.91 Å². The molecule has 1 amide bonds. The Bertz CT molecular complexity index is 879. The molecule has 4 nitrogen and oxygen atoms in total. The molecule has 0 unspecified atom stereocenters. The smallest absolute Gasteiger partial charge is 0.258 e. The number of amides is 1. The molecule has 126 valence electrons. The van der Waals surface area contributed by atoms with E-state index < -0.39 is 9.84 Å². The zero-order valence-electron chi connectivity index (χ0n) is 13.0. The number of benzene rings is 2. The largest absolute Gasteiger partial charge is 0.306 e. The topological polar surface area (TPSA) is 54.5 Å². The molecule has 0 fully saturated rings. The second-order valence-electron chi connectivity index (χ2n) is 5.35. The Morgan fingerprint density at radius 1 is 1.21 bits per heavy atom. The number of sulfone groups is 1. The molecule has 1 aliphatic heterocycles. The number of halogens is 1. The van der Waals surface area contributed by atoms with Crippen LogP contribution >= 0.6 is 23.4 Å². The van der Waals surface area contributed by atoms with Gasteiger partial charge in [-0.25, -0.2) is 8.42 Å². The van der Waals surface area contributed by atoms with Gasteiger partial charge in [0.15, 0.2) is 9.84 Å². The summed E-state index contributed by atoms with van der Waals surface area (Å²) in [6.45, 7) is 2.19. The van der Waals surface area contributed by atoms with Gasteiger partial charge in [0.05, 0.1) is 16.3 Å². The molecule has 0 aliphatic carbocycles. The van der Waals surface area contributed by atoms with Gasteiger partial charge in [0.1, 0.15) is 0 Å². The predicted molar refractivity (Wildman–Crippen MR) is 98.0 cm³/mol. The number of hydrogen-bond acceptors (Lipinski definition) is 4. The highest BCUT2D eigenvalue weighted by Crippen LogP contribution is 2.37. The number of rotatable bonds is 3. The van der Waals surface area contributed by atoms with Crippen molar-refractivity contribution in [1.29, 1.82) is 0 Å². The summed E-state index contributed by atoms with van der Waals surface area (Å²) in [5.74, 6) is 0.692. The molecule has 0 bridgehead atoms. The first-order chi connectivity index (χ1) is 11.4. The van der Waals surface area contributed by atoms with Crippen molar-refractivity contribution in [3.63, 3.8) is 0 Å². The average Bonchev–Trinajstić information content (AvgIpc) is 2.60. The van der Waals surface area contributed by atoms with Crippen molar-refractivity contribution >= 4 is 44.8 Å². The van der Waals surface area contributed by atoms with Crippen molar-refractivity contribution in [2.75, 3.05) is 23.0 Å². The molecular formula is C17H16ClNO3S2. The lowest BCUT2D eigenvalue weighted by Gasteiger charge is -2.29. The first-order valence-electron chi connectivity index (χ1n) is 7.49. The van der Waals surface area contributed by atoms with Gasteiger partial charge >= 0.3 is 0 Å². The molecule has 0 N–H and O–H groups in total. The molecule has 1 aliphatic rings. The van der Waals surface area contributed by atoms with E-state index in [0.29, 0.717) is 17.1 Å². The molecule has 1 heterocycles. The SMILES string of the molecule is CCS(=O)(=O)c1ccc(C(=O)N2CCSc3ccc(Cl)cc32)cc1. The maximum atomic E-state index is 12.8. The molecule has 0 atom stereocenters. The molecule has 0 saturated carbocycles. The summed E-state index contributed by atoms with van der Waals surface area (Å²) in [7, 11) is -3.27. The summed E-state index contributed by atoms with van der Waals surface area (Å²) in [5.41, 5.74) is 1.26. The Balaban J connectivity index is 1.92. The normalized spacial score (nSPS) is 14.3. The van der Waals surface area contributed by atoms with Crippen LogP contribution < -0.4 is 4.90 Å². The molecule has 7 heteroatoms. The van der Waals surface area contributed by atoms with E-state index in [1.165, 1.54) is 12.1 Å². The van der Waals surface area contributed by atoms with Crippen molar-refractivity contribution in [3.8, 4) is 0 Å². The van der Waals surface area contributed by atoms with E-state index in [9.17, 15) is 13.2 Å². The van der Waals surface area contributed by atoms with Crippen LogP contribution in [0.2, 0.25) is 5.02 Å². The second-order valence-corrected chi connectivity index (χ2v) is 9.20. The lowest BCUT2D eigenvalue weighted by Crippen LogP contribution is -2.35. The highest BCUT2D eigenvalue weighted by Gasteiger charge is 2.24. The summed E-state index contributed by atoms with van der Waals surface area (Å²) in [6, 6.07) is 11.6. The zero-order chi connectivity index (χ0) is 17.3. The van der Waals surface area contributed by atoms with Gasteiger partial charge in [-0.05, 0) is 42.5 Å². The number of nitrogens with zero attached hydrogens (tertiary/aromatic N) is 1. The number of thioether (sulfide) groups is 1. The lowest BCUT2D eigenvalue weighted by molar-refractivity contribution is 0.0987. The van der Waals surface area contributed by atoms with Crippen LogP contribution in [-0.4, -0.2) is 32.4 Å². The third-order valence-electron chi connectivity index (χ3n) is 3.87. The van der Waals surface area contributed by atoms with E-state index in [-0.39, 0.29) is 16.6 Å². The van der Waals surface area contributed by atoms with Gasteiger partial charge in [-0.2, -0.15) is 0 Å². The lowest BCUT2D eigenvalue weighted by atomic mass is 10.1. The van der Waals surface area contributed by atoms with Gasteiger partial charge in [0, 0.05) is 27.8 Å². The van der Waals surface area contributed by atoms with Crippen molar-refractivity contribution in [1.82, 2.24) is 0 Å². The number of hydrogen-bond donors (Lipinski definition) is 0. The van der Waals surface area contributed by atoms with Gasteiger partial charge in [0.2, 0.25) is 0 Å². The monoisotopic (exact) mass is 381 g/mol. The minimum atomic E-state index is -3.27. The Kier molecular flexibility index (Phi) is 4.90. The minimum Gasteiger partial charge on any atom is -0.306 e. The van der Waals surface area contributed by atoms with E-state index in [0.717, 1.165) is 16.3 Å². The molecule has 0 saturated heterocycles. The van der Waals surface area contributed by atoms with Crippen LogP contribution in [0.25, 0.3) is 0 Å². The summed E-state index contributed by atoms with van der Waals surface area (Å²) in [6.07, 6.45) is 0. The van der Waals surface area contributed by atoms with Gasteiger partial charge < -0.3 is 4.90 Å². The maximum absolute atomic E-state index is 12.8. The fourth-order valence-electron chi connectivity index (χ4n) is 2.53. The van der Waals surface area contributed by atoms with Crippen molar-refractivity contribution in [3.05, 3.63) is 53.1 Å². The van der Waals surface area contributed by atoms with Gasteiger partial charge in [-0.15, -0.1) is 11.8 Å². The van der Waals surface area contributed by atoms with Gasteiger partial charge in [-0.1, -0.05) is 18.5 Å². The molecule has 0 radical (unpaired) electrons. The average molecular weight is 382 g/mol. The summed E-state index contributed by atoms with van der Waals surface area (Å²) >= 11 is 7.76. The third kappa shape index (κ3) is 3.31. The van der Waals surface area contributed by atoms with E-state index in [2.05, 4.69) is 0 Å². The highest BCUT2D eigenvalue weighted by molar-refractivity contribution is 7.99. The van der Waals surface area contributed by atoms with Crippen LogP contribution in [0.5, 0.6) is 0 Å². The molecule has 24 heavy (non-hydrogen) atoms. The minimum absolute atomic E-state index is 0.0372. The standard InChI is InChI=1S/C17H16ClNO3S2/c1-2-24(21,22)14-6-3-12(4-7-14)17(20)19-9-10-23-16-8-5-13(18)11-15(16)19/h3-8,11H,2,9-10H2,1H3. The van der Waals surface area contributed by atoms with Crippen molar-refractivity contribution in [2.24, 2.45) is 0 Å². The Morgan fingerprint density at radius 3 is 2.58 bits per heavy atom. The Hall–Kier alpha value is -1.50. The first-order valence-corrected chi connectivity index (χ1v) is 10.5. The number of carbonyl (C=O) groups is 1.